The highest BCUT2D eigenvalue weighted by Gasteiger charge is 2.30. The number of aromatic carboxylic acids is 1. The van der Waals surface area contributed by atoms with Crippen molar-refractivity contribution in [1.29, 1.82) is 0 Å². The van der Waals surface area contributed by atoms with Crippen LogP contribution in [0.3, 0.4) is 0 Å². The number of anilines is 2. The van der Waals surface area contributed by atoms with E-state index in [1.165, 1.54) is 6.07 Å². The standard InChI is InChI=1S/C32H33N5O6/c1-20-17-25-26(18-24(20)32(42)43)35-31(41)28(25)29(21-5-3-2-4-6-21)34-23-9-7-22(8-10-23)30(40)33-19-27(39)37-13-11-36(12-14-37)15-16-38/h2-10,17-18,34,38H,11-16,19H2,1H3,(H,33,40)(H,35,41)(H,42,43)/b29-28-. The number of carbonyl (C=O) groups is 4. The zero-order chi connectivity index (χ0) is 30.5. The van der Waals surface area contributed by atoms with E-state index >= 15 is 0 Å². The Bertz CT molecular complexity index is 1580. The maximum atomic E-state index is 13.2. The molecule has 0 radical (unpaired) electrons. The number of carboxylic acid groups (broad SMARTS) is 1. The first-order chi connectivity index (χ1) is 20.7. The number of aliphatic hydroxyl groups excluding tert-OH is 1. The molecule has 2 heterocycles. The smallest absolute Gasteiger partial charge is 0.336 e. The highest BCUT2D eigenvalue weighted by molar-refractivity contribution is 6.37. The maximum absolute atomic E-state index is 13.2. The topological polar surface area (TPSA) is 151 Å². The van der Waals surface area contributed by atoms with Gasteiger partial charge < -0.3 is 31.1 Å². The number of hydrogen-bond donors (Lipinski definition) is 5. The fourth-order valence-corrected chi connectivity index (χ4v) is 5.27. The molecule has 2 aliphatic rings. The minimum absolute atomic E-state index is 0.0850. The number of aryl methyl sites for hydroxylation is 1. The van der Waals surface area contributed by atoms with Crippen molar-refractivity contribution in [2.24, 2.45) is 0 Å². The molecule has 222 valence electrons. The van der Waals surface area contributed by atoms with Gasteiger partial charge in [-0.25, -0.2) is 4.79 Å². The van der Waals surface area contributed by atoms with Crippen molar-refractivity contribution in [2.75, 3.05) is 56.5 Å². The molecule has 5 rings (SSSR count). The highest BCUT2D eigenvalue weighted by atomic mass is 16.4. The Morgan fingerprint density at radius 3 is 2.28 bits per heavy atom. The summed E-state index contributed by atoms with van der Waals surface area (Å²) in [5.41, 5.74) is 4.32. The van der Waals surface area contributed by atoms with Crippen LogP contribution in [-0.2, 0) is 9.59 Å². The van der Waals surface area contributed by atoms with Gasteiger partial charge in [0.2, 0.25) is 5.91 Å². The highest BCUT2D eigenvalue weighted by Crippen LogP contribution is 2.39. The molecule has 1 fully saturated rings. The van der Waals surface area contributed by atoms with Crippen molar-refractivity contribution in [2.45, 2.75) is 6.92 Å². The van der Waals surface area contributed by atoms with E-state index in [0.29, 0.717) is 72.1 Å². The molecule has 11 nitrogen and oxygen atoms in total. The number of β-amino-alcohol motifs (C(OH)–C–C–N with tert-alkyl or cyclic N) is 1. The molecule has 0 spiro atoms. The van der Waals surface area contributed by atoms with E-state index in [9.17, 15) is 24.3 Å². The number of carbonyl (C=O) groups excluding carboxylic acids is 3. The normalized spacial score (nSPS) is 15.9. The van der Waals surface area contributed by atoms with Gasteiger partial charge in [-0.15, -0.1) is 0 Å². The van der Waals surface area contributed by atoms with Crippen molar-refractivity contribution in [3.05, 3.63) is 94.5 Å². The number of rotatable bonds is 9. The van der Waals surface area contributed by atoms with E-state index < -0.39 is 5.97 Å². The lowest BCUT2D eigenvalue weighted by Crippen LogP contribution is -2.51. The molecule has 1 saturated heterocycles. The summed E-state index contributed by atoms with van der Waals surface area (Å²) in [6.07, 6.45) is 0. The minimum atomic E-state index is -1.07. The summed E-state index contributed by atoms with van der Waals surface area (Å²) in [6, 6.07) is 19.2. The molecular weight excluding hydrogens is 550 g/mol. The van der Waals surface area contributed by atoms with Crippen molar-refractivity contribution in [1.82, 2.24) is 15.1 Å². The Morgan fingerprint density at radius 2 is 1.63 bits per heavy atom. The molecule has 43 heavy (non-hydrogen) atoms. The summed E-state index contributed by atoms with van der Waals surface area (Å²) in [6.45, 7) is 4.73. The van der Waals surface area contributed by atoms with Crippen LogP contribution in [0.2, 0.25) is 0 Å². The lowest BCUT2D eigenvalue weighted by molar-refractivity contribution is -0.131. The molecule has 3 aromatic rings. The second-order valence-electron chi connectivity index (χ2n) is 10.4. The van der Waals surface area contributed by atoms with Gasteiger partial charge in [-0.05, 0) is 54.4 Å². The van der Waals surface area contributed by atoms with Crippen LogP contribution in [0.25, 0.3) is 11.3 Å². The van der Waals surface area contributed by atoms with Crippen LogP contribution < -0.4 is 16.0 Å². The number of benzene rings is 3. The monoisotopic (exact) mass is 583 g/mol. The zero-order valence-electron chi connectivity index (χ0n) is 23.7. The largest absolute Gasteiger partial charge is 0.478 e. The third-order valence-electron chi connectivity index (χ3n) is 7.61. The molecule has 3 aromatic carbocycles. The van der Waals surface area contributed by atoms with Crippen molar-refractivity contribution >= 4 is 46.3 Å². The number of amides is 3. The number of nitrogens with zero attached hydrogens (tertiary/aromatic N) is 2. The summed E-state index contributed by atoms with van der Waals surface area (Å²) in [4.78, 5) is 54.0. The van der Waals surface area contributed by atoms with Crippen LogP contribution in [-0.4, -0.2) is 89.6 Å². The predicted molar refractivity (Wildman–Crippen MR) is 163 cm³/mol. The molecule has 0 aromatic heterocycles. The first kappa shape index (κ1) is 29.5. The molecule has 11 heteroatoms. The quantitative estimate of drug-likeness (QED) is 0.241. The maximum Gasteiger partial charge on any atom is 0.336 e. The Labute approximate surface area is 248 Å². The summed E-state index contributed by atoms with van der Waals surface area (Å²) < 4.78 is 0. The van der Waals surface area contributed by atoms with Gasteiger partial charge in [-0.2, -0.15) is 0 Å². The lowest BCUT2D eigenvalue weighted by Gasteiger charge is -2.34. The number of piperazine rings is 1. The van der Waals surface area contributed by atoms with Gasteiger partial charge in [-0.1, -0.05) is 30.3 Å². The van der Waals surface area contributed by atoms with E-state index in [2.05, 4.69) is 20.9 Å². The summed E-state index contributed by atoms with van der Waals surface area (Å²) >= 11 is 0. The van der Waals surface area contributed by atoms with Gasteiger partial charge >= 0.3 is 5.97 Å². The second kappa shape index (κ2) is 12.9. The molecule has 2 aliphatic heterocycles. The number of nitrogens with one attached hydrogen (secondary N) is 3. The van der Waals surface area contributed by atoms with Crippen LogP contribution in [0.4, 0.5) is 11.4 Å². The Hall–Kier alpha value is -5.00. The Morgan fingerprint density at radius 1 is 0.930 bits per heavy atom. The van der Waals surface area contributed by atoms with Crippen molar-refractivity contribution in [3.63, 3.8) is 0 Å². The van der Waals surface area contributed by atoms with Crippen LogP contribution in [0.5, 0.6) is 0 Å². The zero-order valence-corrected chi connectivity index (χ0v) is 23.7. The van der Waals surface area contributed by atoms with E-state index in [-0.39, 0.29) is 36.4 Å². The van der Waals surface area contributed by atoms with Crippen molar-refractivity contribution in [3.8, 4) is 0 Å². The SMILES string of the molecule is Cc1cc2c(cc1C(=O)O)NC(=O)/C2=C(\Nc1ccc(C(=O)NCC(=O)N2CCN(CCO)CC2)cc1)c1ccccc1. The molecule has 0 saturated carbocycles. The Balaban J connectivity index is 1.32. The van der Waals surface area contributed by atoms with Gasteiger partial charge in [0.15, 0.2) is 0 Å². The number of hydrogen-bond acceptors (Lipinski definition) is 7. The number of aliphatic hydroxyl groups is 1. The van der Waals surface area contributed by atoms with E-state index in [1.807, 2.05) is 30.3 Å². The molecule has 3 amide bonds. The number of carboxylic acids is 1. The van der Waals surface area contributed by atoms with E-state index in [1.54, 1.807) is 42.2 Å². The molecule has 0 aliphatic carbocycles. The van der Waals surface area contributed by atoms with Crippen LogP contribution >= 0.6 is 0 Å². The van der Waals surface area contributed by atoms with Gasteiger partial charge in [0, 0.05) is 49.5 Å². The second-order valence-corrected chi connectivity index (χ2v) is 10.4. The average molecular weight is 584 g/mol. The predicted octanol–water partition coefficient (Wildman–Crippen LogP) is 2.49. The molecular formula is C32H33N5O6. The van der Waals surface area contributed by atoms with Crippen molar-refractivity contribution < 1.29 is 29.4 Å². The van der Waals surface area contributed by atoms with E-state index in [0.717, 1.165) is 5.56 Å². The summed E-state index contributed by atoms with van der Waals surface area (Å²) in [5, 5.41) is 27.4. The molecule has 0 unspecified atom stereocenters. The third kappa shape index (κ3) is 6.58. The lowest BCUT2D eigenvalue weighted by atomic mass is 9.96. The average Bonchev–Trinajstić information content (AvgIpc) is 3.33. The minimum Gasteiger partial charge on any atom is -0.478 e. The number of fused-ring (bicyclic) bond motifs is 1. The molecule has 0 atom stereocenters. The van der Waals surface area contributed by atoms with Crippen LogP contribution in [0.1, 0.15) is 37.4 Å². The van der Waals surface area contributed by atoms with Crippen LogP contribution in [0.15, 0.2) is 66.7 Å². The fourth-order valence-electron chi connectivity index (χ4n) is 5.27. The molecule has 5 N–H and O–H groups in total. The molecule has 0 bridgehead atoms. The first-order valence-corrected chi connectivity index (χ1v) is 14.0. The Kier molecular flexibility index (Phi) is 8.84. The first-order valence-electron chi connectivity index (χ1n) is 14.0. The van der Waals surface area contributed by atoms with E-state index in [4.69, 9.17) is 5.11 Å². The van der Waals surface area contributed by atoms with Gasteiger partial charge in [0.25, 0.3) is 11.8 Å². The summed E-state index contributed by atoms with van der Waals surface area (Å²) in [5.74, 6) is -1.97. The van der Waals surface area contributed by atoms with Gasteiger partial charge in [-0.3, -0.25) is 19.3 Å². The van der Waals surface area contributed by atoms with Crippen LogP contribution in [0, 0.1) is 6.92 Å². The fraction of sp³-hybridized carbons (Fsp3) is 0.250. The summed E-state index contributed by atoms with van der Waals surface area (Å²) in [7, 11) is 0. The third-order valence-corrected chi connectivity index (χ3v) is 7.61. The van der Waals surface area contributed by atoms with Gasteiger partial charge in [0.05, 0.1) is 35.7 Å². The van der Waals surface area contributed by atoms with Gasteiger partial charge in [0.1, 0.15) is 0 Å².